The van der Waals surface area contributed by atoms with E-state index in [1.165, 1.54) is 9.78 Å². The van der Waals surface area contributed by atoms with Gasteiger partial charge in [0.25, 0.3) is 5.91 Å². The molecule has 2 aromatic rings. The molecule has 0 spiro atoms. The first-order chi connectivity index (χ1) is 12.1. The van der Waals surface area contributed by atoms with E-state index in [4.69, 9.17) is 4.74 Å². The zero-order valence-corrected chi connectivity index (χ0v) is 15.6. The van der Waals surface area contributed by atoms with Crippen LogP contribution in [-0.2, 0) is 4.74 Å². The van der Waals surface area contributed by atoms with Crippen LogP contribution in [0.3, 0.4) is 0 Å². The van der Waals surface area contributed by atoms with Crippen molar-refractivity contribution in [2.45, 2.75) is 6.04 Å². The van der Waals surface area contributed by atoms with Gasteiger partial charge in [-0.05, 0) is 35.7 Å². The molecule has 0 aliphatic carbocycles. The summed E-state index contributed by atoms with van der Waals surface area (Å²) < 4.78 is 5.48. The number of amides is 1. The summed E-state index contributed by atoms with van der Waals surface area (Å²) in [5, 5.41) is 5.23. The third-order valence-electron chi connectivity index (χ3n) is 4.63. The normalized spacial score (nSPS) is 16.4. The van der Waals surface area contributed by atoms with Crippen LogP contribution in [0.25, 0.3) is 0 Å². The van der Waals surface area contributed by atoms with Crippen molar-refractivity contribution >= 4 is 22.9 Å². The summed E-state index contributed by atoms with van der Waals surface area (Å²) in [5.41, 5.74) is 1.79. The Hall–Kier alpha value is -1.89. The topological polar surface area (TPSA) is 46.0 Å². The van der Waals surface area contributed by atoms with E-state index in [2.05, 4.69) is 22.8 Å². The largest absolute Gasteiger partial charge is 0.378 e. The molecule has 0 radical (unpaired) electrons. The maximum Gasteiger partial charge on any atom is 0.251 e. The number of quaternary nitrogens is 1. The molecule has 1 aliphatic rings. The predicted molar refractivity (Wildman–Crippen MR) is 102 cm³/mol. The molecule has 25 heavy (non-hydrogen) atoms. The number of morpholine rings is 1. The molecule has 1 aromatic carbocycles. The lowest BCUT2D eigenvalue weighted by Gasteiger charge is -2.31. The van der Waals surface area contributed by atoms with E-state index in [9.17, 15) is 4.79 Å². The number of rotatable bonds is 6. The third kappa shape index (κ3) is 4.60. The van der Waals surface area contributed by atoms with Gasteiger partial charge < -0.3 is 19.9 Å². The lowest BCUT2D eigenvalue weighted by atomic mass is 10.1. The van der Waals surface area contributed by atoms with Crippen molar-refractivity contribution in [1.82, 2.24) is 5.32 Å². The molecule has 1 saturated heterocycles. The highest BCUT2D eigenvalue weighted by Gasteiger charge is 2.27. The fourth-order valence-corrected chi connectivity index (χ4v) is 4.01. The van der Waals surface area contributed by atoms with Crippen molar-refractivity contribution in [3.63, 3.8) is 0 Å². The van der Waals surface area contributed by atoms with E-state index in [0.29, 0.717) is 12.1 Å². The Morgan fingerprint density at radius 1 is 1.24 bits per heavy atom. The summed E-state index contributed by atoms with van der Waals surface area (Å²) in [7, 11) is 3.98. The van der Waals surface area contributed by atoms with E-state index in [0.717, 1.165) is 32.0 Å². The quantitative estimate of drug-likeness (QED) is 0.814. The minimum atomic E-state index is -0.0143. The third-order valence-corrected chi connectivity index (χ3v) is 5.61. The molecule has 6 heteroatoms. The number of hydrogen-bond donors (Lipinski definition) is 2. The average Bonchev–Trinajstić information content (AvgIpc) is 3.17. The van der Waals surface area contributed by atoms with Crippen LogP contribution in [0.5, 0.6) is 0 Å². The van der Waals surface area contributed by atoms with Crippen LogP contribution < -0.4 is 15.1 Å². The highest BCUT2D eigenvalue weighted by atomic mass is 32.1. The fourth-order valence-electron chi connectivity index (χ4n) is 3.13. The molecule has 0 saturated carbocycles. The van der Waals surface area contributed by atoms with Crippen molar-refractivity contribution in [3.05, 3.63) is 52.2 Å². The summed E-state index contributed by atoms with van der Waals surface area (Å²) in [6.45, 7) is 4.18. The first kappa shape index (κ1) is 17.9. The number of carbonyl (C=O) groups is 1. The number of hydrogen-bond acceptors (Lipinski definition) is 4. The van der Waals surface area contributed by atoms with Crippen LogP contribution in [-0.4, -0.2) is 52.9 Å². The highest BCUT2D eigenvalue weighted by Crippen LogP contribution is 2.17. The Bertz CT molecular complexity index is 664. The van der Waals surface area contributed by atoms with Crippen LogP contribution in [0, 0.1) is 0 Å². The maximum absolute atomic E-state index is 12.5. The molecule has 1 atom stereocenters. The number of nitrogens with zero attached hydrogens (tertiary/aromatic N) is 1. The van der Waals surface area contributed by atoms with Crippen LogP contribution >= 0.6 is 11.3 Å². The van der Waals surface area contributed by atoms with Crippen molar-refractivity contribution < 1.29 is 14.4 Å². The highest BCUT2D eigenvalue weighted by molar-refractivity contribution is 7.10. The summed E-state index contributed by atoms with van der Waals surface area (Å²) >= 11 is 1.76. The standard InChI is InChI=1S/C19H25N3O2S/c1-21(2)16-7-5-15(6-8-16)19(23)20-14-17(18-4-3-13-25-18)22-9-11-24-12-10-22/h3-8,13,17H,9-12,14H2,1-2H3,(H,20,23)/p+1/t17-/m0/s1. The van der Waals surface area contributed by atoms with Crippen molar-refractivity contribution in [1.29, 1.82) is 0 Å². The number of thiophene rings is 1. The molecule has 1 aliphatic heterocycles. The number of carbonyl (C=O) groups excluding carboxylic acids is 1. The smallest absolute Gasteiger partial charge is 0.251 e. The number of anilines is 1. The molecule has 1 fully saturated rings. The fraction of sp³-hybridized carbons (Fsp3) is 0.421. The van der Waals surface area contributed by atoms with Crippen molar-refractivity contribution in [3.8, 4) is 0 Å². The molecule has 134 valence electrons. The van der Waals surface area contributed by atoms with Gasteiger partial charge in [-0.1, -0.05) is 6.07 Å². The SMILES string of the molecule is CN(C)c1ccc(C(=O)NC[C@@H](c2cccs2)[NH+]2CCOCC2)cc1. The molecule has 0 unspecified atom stereocenters. The van der Waals surface area contributed by atoms with Gasteiger partial charge in [-0.3, -0.25) is 4.79 Å². The van der Waals surface area contributed by atoms with Crippen LogP contribution in [0.2, 0.25) is 0 Å². The molecular weight excluding hydrogens is 334 g/mol. The van der Waals surface area contributed by atoms with E-state index in [-0.39, 0.29) is 11.9 Å². The van der Waals surface area contributed by atoms with Gasteiger partial charge in [-0.15, -0.1) is 11.3 Å². The lowest BCUT2D eigenvalue weighted by Crippen LogP contribution is -3.15. The van der Waals surface area contributed by atoms with Crippen LogP contribution in [0.1, 0.15) is 21.3 Å². The second-order valence-electron chi connectivity index (χ2n) is 6.49. The Kier molecular flexibility index (Phi) is 6.07. The first-order valence-corrected chi connectivity index (χ1v) is 9.54. The van der Waals surface area contributed by atoms with Gasteiger partial charge in [-0.25, -0.2) is 0 Å². The second kappa shape index (κ2) is 8.47. The number of benzene rings is 1. The average molecular weight is 361 g/mol. The van der Waals surface area contributed by atoms with Crippen molar-refractivity contribution in [2.24, 2.45) is 0 Å². The second-order valence-corrected chi connectivity index (χ2v) is 7.47. The number of ether oxygens (including phenoxy) is 1. The summed E-state index contributed by atoms with van der Waals surface area (Å²) in [5.74, 6) is -0.0143. The van der Waals surface area contributed by atoms with Gasteiger partial charge in [0.05, 0.1) is 24.6 Å². The molecule has 1 aromatic heterocycles. The van der Waals surface area contributed by atoms with Gasteiger partial charge in [0.15, 0.2) is 0 Å². The van der Waals surface area contributed by atoms with Gasteiger partial charge in [-0.2, -0.15) is 0 Å². The molecule has 2 heterocycles. The van der Waals surface area contributed by atoms with Gasteiger partial charge in [0, 0.05) is 25.3 Å². The molecular formula is C19H26N3O2S+. The van der Waals surface area contributed by atoms with E-state index >= 15 is 0 Å². The molecule has 2 N–H and O–H groups in total. The number of nitrogens with one attached hydrogen (secondary N) is 2. The Morgan fingerprint density at radius 3 is 2.56 bits per heavy atom. The molecule has 5 nitrogen and oxygen atoms in total. The summed E-state index contributed by atoms with van der Waals surface area (Å²) in [6, 6.07) is 12.2. The lowest BCUT2D eigenvalue weighted by molar-refractivity contribution is -0.937. The molecule has 3 rings (SSSR count). The van der Waals surface area contributed by atoms with Gasteiger partial charge in [0.2, 0.25) is 0 Å². The zero-order valence-electron chi connectivity index (χ0n) is 14.8. The Morgan fingerprint density at radius 2 is 1.96 bits per heavy atom. The van der Waals surface area contributed by atoms with Gasteiger partial charge in [0.1, 0.15) is 19.1 Å². The minimum Gasteiger partial charge on any atom is -0.378 e. The monoisotopic (exact) mass is 360 g/mol. The molecule has 1 amide bonds. The van der Waals surface area contributed by atoms with E-state index < -0.39 is 0 Å². The first-order valence-electron chi connectivity index (χ1n) is 8.66. The van der Waals surface area contributed by atoms with Gasteiger partial charge >= 0.3 is 0 Å². The predicted octanol–water partition coefficient (Wildman–Crippen LogP) is 1.20. The molecule has 0 bridgehead atoms. The maximum atomic E-state index is 12.5. The zero-order chi connectivity index (χ0) is 17.6. The summed E-state index contributed by atoms with van der Waals surface area (Å²) in [6.07, 6.45) is 0. The van der Waals surface area contributed by atoms with Crippen LogP contribution in [0.15, 0.2) is 41.8 Å². The summed E-state index contributed by atoms with van der Waals surface area (Å²) in [4.78, 5) is 17.4. The minimum absolute atomic E-state index is 0.0143. The Balaban J connectivity index is 1.64. The van der Waals surface area contributed by atoms with E-state index in [1.807, 2.05) is 43.3 Å². The van der Waals surface area contributed by atoms with E-state index in [1.54, 1.807) is 11.3 Å². The van der Waals surface area contributed by atoms with Crippen LogP contribution in [0.4, 0.5) is 5.69 Å². The Labute approximate surface area is 153 Å². The van der Waals surface area contributed by atoms with Crippen molar-refractivity contribution in [2.75, 3.05) is 51.8 Å².